The molecule has 0 unspecified atom stereocenters. The van der Waals surface area contributed by atoms with Crippen LogP contribution in [0.1, 0.15) is 56.8 Å². The van der Waals surface area contributed by atoms with Gasteiger partial charge in [0.2, 0.25) is 0 Å². The predicted molar refractivity (Wildman–Crippen MR) is 97.8 cm³/mol. The number of piperidine rings is 1. The van der Waals surface area contributed by atoms with Gasteiger partial charge in [-0.1, -0.05) is 13.3 Å². The Labute approximate surface area is 145 Å². The number of hydrogen-bond acceptors (Lipinski definition) is 4. The lowest BCUT2D eigenvalue weighted by Gasteiger charge is -2.37. The molecule has 132 valence electrons. The number of aryl methyl sites for hydroxylation is 2. The summed E-state index contributed by atoms with van der Waals surface area (Å²) < 4.78 is 7.39. The lowest BCUT2D eigenvalue weighted by molar-refractivity contribution is 0.182. The second kappa shape index (κ2) is 7.97. The molecule has 0 N–H and O–H groups in total. The van der Waals surface area contributed by atoms with Gasteiger partial charge in [0.25, 0.3) is 0 Å². The molecule has 1 aliphatic rings. The molecular formula is C19H30N4O. The number of unbranched alkanes of at least 4 members (excludes halogenated alkanes) is 1. The van der Waals surface area contributed by atoms with E-state index in [1.807, 2.05) is 0 Å². The SMILES string of the molecule is CCCCc1cc2nc(C)cc(N3CCCC[C@@H]3CCOC)n2n1. The number of nitrogens with zero attached hydrogens (tertiary/aromatic N) is 4. The van der Waals surface area contributed by atoms with Gasteiger partial charge in [0.15, 0.2) is 5.65 Å². The Kier molecular flexibility index (Phi) is 5.72. The smallest absolute Gasteiger partial charge is 0.157 e. The van der Waals surface area contributed by atoms with E-state index in [0.29, 0.717) is 6.04 Å². The highest BCUT2D eigenvalue weighted by molar-refractivity contribution is 5.52. The Morgan fingerprint density at radius 1 is 1.29 bits per heavy atom. The number of ether oxygens (including phenoxy) is 1. The van der Waals surface area contributed by atoms with Crippen molar-refractivity contribution in [2.24, 2.45) is 0 Å². The first-order valence-corrected chi connectivity index (χ1v) is 9.34. The standard InChI is InChI=1S/C19H30N4O/c1-4-5-8-16-14-18-20-15(2)13-19(23(18)21-16)22-11-7-6-9-17(22)10-12-24-3/h13-14,17H,4-12H2,1-3H3/t17-/m1/s1. The Balaban J connectivity index is 1.95. The van der Waals surface area contributed by atoms with Gasteiger partial charge < -0.3 is 9.64 Å². The molecule has 2 aromatic heterocycles. The zero-order chi connectivity index (χ0) is 16.9. The Bertz CT molecular complexity index is 667. The first-order valence-electron chi connectivity index (χ1n) is 9.34. The molecule has 3 heterocycles. The maximum absolute atomic E-state index is 5.33. The predicted octanol–water partition coefficient (Wildman–Crippen LogP) is 3.78. The van der Waals surface area contributed by atoms with Crippen LogP contribution in [0.2, 0.25) is 0 Å². The maximum Gasteiger partial charge on any atom is 0.157 e. The summed E-state index contributed by atoms with van der Waals surface area (Å²) in [6, 6.07) is 4.88. The van der Waals surface area contributed by atoms with Gasteiger partial charge in [0.1, 0.15) is 5.82 Å². The summed E-state index contributed by atoms with van der Waals surface area (Å²) in [5.74, 6) is 1.20. The first kappa shape index (κ1) is 17.2. The normalized spacial score (nSPS) is 18.5. The highest BCUT2D eigenvalue weighted by Gasteiger charge is 2.25. The van der Waals surface area contributed by atoms with E-state index in [4.69, 9.17) is 14.8 Å². The highest BCUT2D eigenvalue weighted by Crippen LogP contribution is 2.28. The van der Waals surface area contributed by atoms with Gasteiger partial charge in [-0.3, -0.25) is 0 Å². The van der Waals surface area contributed by atoms with Crippen molar-refractivity contribution in [3.8, 4) is 0 Å². The van der Waals surface area contributed by atoms with Crippen LogP contribution in [-0.4, -0.2) is 40.9 Å². The topological polar surface area (TPSA) is 42.7 Å². The van der Waals surface area contributed by atoms with Gasteiger partial charge in [0.05, 0.1) is 5.69 Å². The van der Waals surface area contributed by atoms with Crippen molar-refractivity contribution < 1.29 is 4.74 Å². The van der Waals surface area contributed by atoms with E-state index >= 15 is 0 Å². The molecule has 1 fully saturated rings. The minimum absolute atomic E-state index is 0.534. The van der Waals surface area contributed by atoms with Gasteiger partial charge in [0, 0.05) is 44.1 Å². The number of fused-ring (bicyclic) bond motifs is 1. The van der Waals surface area contributed by atoms with Crippen molar-refractivity contribution in [3.05, 3.63) is 23.5 Å². The number of aromatic nitrogens is 3. The molecule has 0 aliphatic carbocycles. The molecule has 0 bridgehead atoms. The molecule has 1 aliphatic heterocycles. The second-order valence-corrected chi connectivity index (χ2v) is 6.89. The Morgan fingerprint density at radius 2 is 2.17 bits per heavy atom. The molecule has 2 aromatic rings. The van der Waals surface area contributed by atoms with Crippen LogP contribution in [0, 0.1) is 6.92 Å². The monoisotopic (exact) mass is 330 g/mol. The molecule has 0 amide bonds. The van der Waals surface area contributed by atoms with Crippen LogP contribution in [0.15, 0.2) is 12.1 Å². The quantitative estimate of drug-likeness (QED) is 0.775. The zero-order valence-corrected chi connectivity index (χ0v) is 15.3. The third kappa shape index (κ3) is 3.72. The van der Waals surface area contributed by atoms with Crippen molar-refractivity contribution in [1.29, 1.82) is 0 Å². The number of hydrogen-bond donors (Lipinski definition) is 0. The molecule has 24 heavy (non-hydrogen) atoms. The largest absolute Gasteiger partial charge is 0.385 e. The number of methoxy groups -OCH3 is 1. The van der Waals surface area contributed by atoms with Crippen LogP contribution in [-0.2, 0) is 11.2 Å². The maximum atomic E-state index is 5.33. The van der Waals surface area contributed by atoms with Crippen molar-refractivity contribution in [1.82, 2.24) is 14.6 Å². The van der Waals surface area contributed by atoms with Crippen LogP contribution in [0.3, 0.4) is 0 Å². The summed E-state index contributed by atoms with van der Waals surface area (Å²) in [5, 5.41) is 4.86. The van der Waals surface area contributed by atoms with E-state index in [2.05, 4.69) is 35.4 Å². The molecule has 5 heteroatoms. The fraction of sp³-hybridized carbons (Fsp3) is 0.684. The fourth-order valence-electron chi connectivity index (χ4n) is 3.67. The average Bonchev–Trinajstić information content (AvgIpc) is 3.00. The lowest BCUT2D eigenvalue weighted by Crippen LogP contribution is -2.41. The molecule has 0 aromatic carbocycles. The van der Waals surface area contributed by atoms with Crippen molar-refractivity contribution in [2.45, 2.75) is 64.8 Å². The molecule has 0 spiro atoms. The molecule has 0 radical (unpaired) electrons. The van der Waals surface area contributed by atoms with Crippen molar-refractivity contribution in [2.75, 3.05) is 25.2 Å². The van der Waals surface area contributed by atoms with E-state index in [-0.39, 0.29) is 0 Å². The van der Waals surface area contributed by atoms with Crippen LogP contribution in [0.25, 0.3) is 5.65 Å². The van der Waals surface area contributed by atoms with E-state index in [1.54, 1.807) is 7.11 Å². The highest BCUT2D eigenvalue weighted by atomic mass is 16.5. The molecule has 1 atom stereocenters. The summed E-state index contributed by atoms with van der Waals surface area (Å²) in [6.45, 7) is 6.21. The Morgan fingerprint density at radius 3 is 2.96 bits per heavy atom. The van der Waals surface area contributed by atoms with E-state index < -0.39 is 0 Å². The van der Waals surface area contributed by atoms with E-state index in [9.17, 15) is 0 Å². The van der Waals surface area contributed by atoms with Gasteiger partial charge in [-0.15, -0.1) is 0 Å². The summed E-state index contributed by atoms with van der Waals surface area (Å²) in [7, 11) is 1.79. The molecule has 5 nitrogen and oxygen atoms in total. The third-order valence-corrected chi connectivity index (χ3v) is 4.95. The van der Waals surface area contributed by atoms with E-state index in [1.165, 1.54) is 37.9 Å². The summed E-state index contributed by atoms with van der Waals surface area (Å²) >= 11 is 0. The molecular weight excluding hydrogens is 300 g/mol. The van der Waals surface area contributed by atoms with Crippen LogP contribution >= 0.6 is 0 Å². The van der Waals surface area contributed by atoms with E-state index in [0.717, 1.165) is 43.0 Å². The van der Waals surface area contributed by atoms with Gasteiger partial charge in [-0.05, 0) is 45.4 Å². The number of rotatable bonds is 7. The Hall–Kier alpha value is -1.62. The number of anilines is 1. The lowest BCUT2D eigenvalue weighted by atomic mass is 9.99. The van der Waals surface area contributed by atoms with Crippen molar-refractivity contribution in [3.63, 3.8) is 0 Å². The summed E-state index contributed by atoms with van der Waals surface area (Å²) in [5.41, 5.74) is 3.20. The first-order chi connectivity index (χ1) is 11.7. The molecule has 1 saturated heterocycles. The van der Waals surface area contributed by atoms with Gasteiger partial charge in [-0.2, -0.15) is 9.61 Å². The van der Waals surface area contributed by atoms with Crippen LogP contribution in [0.4, 0.5) is 5.82 Å². The van der Waals surface area contributed by atoms with Gasteiger partial charge >= 0.3 is 0 Å². The summed E-state index contributed by atoms with van der Waals surface area (Å²) in [6.07, 6.45) is 8.26. The minimum atomic E-state index is 0.534. The van der Waals surface area contributed by atoms with Crippen LogP contribution < -0.4 is 4.90 Å². The van der Waals surface area contributed by atoms with Gasteiger partial charge in [-0.25, -0.2) is 4.98 Å². The third-order valence-electron chi connectivity index (χ3n) is 4.95. The second-order valence-electron chi connectivity index (χ2n) is 6.89. The zero-order valence-electron chi connectivity index (χ0n) is 15.3. The fourth-order valence-corrected chi connectivity index (χ4v) is 3.67. The summed E-state index contributed by atoms with van der Waals surface area (Å²) in [4.78, 5) is 7.22. The molecule has 0 saturated carbocycles. The van der Waals surface area contributed by atoms with Crippen molar-refractivity contribution >= 4 is 11.5 Å². The minimum Gasteiger partial charge on any atom is -0.385 e. The average molecular weight is 330 g/mol. The van der Waals surface area contributed by atoms with Crippen LogP contribution in [0.5, 0.6) is 0 Å². The molecule has 3 rings (SSSR count).